The van der Waals surface area contributed by atoms with Crippen molar-refractivity contribution in [2.24, 2.45) is 4.99 Å². The van der Waals surface area contributed by atoms with E-state index in [2.05, 4.69) is 4.99 Å². The number of carbonyl (C=O) groups is 2. The lowest BCUT2D eigenvalue weighted by atomic mass is 9.95. The van der Waals surface area contributed by atoms with Crippen LogP contribution in [0.3, 0.4) is 0 Å². The number of nitrogens with zero attached hydrogens (tertiary/aromatic N) is 3. The topological polar surface area (TPSA) is 98.0 Å². The first kappa shape index (κ1) is 28.1. The third-order valence-electron chi connectivity index (χ3n) is 6.54. The Bertz CT molecular complexity index is 1530. The smallest absolute Gasteiger partial charge is 0.417 e. The number of carbonyl (C=O) groups excluding carboxylic acids is 2. The summed E-state index contributed by atoms with van der Waals surface area (Å²) < 4.78 is 32.7. The van der Waals surface area contributed by atoms with Gasteiger partial charge in [0.1, 0.15) is 0 Å². The molecule has 0 saturated carbocycles. The molecule has 0 spiro atoms. The molecule has 3 aromatic rings. The number of sulfone groups is 1. The molecule has 2 amide bonds. The number of allylic oxidation sites excluding steroid dienone is 1. The molecule has 38 heavy (non-hydrogen) atoms. The van der Waals surface area contributed by atoms with Crippen LogP contribution in [0.15, 0.2) is 64.8 Å². The Hall–Kier alpha value is -2.95. The van der Waals surface area contributed by atoms with Gasteiger partial charge >= 0.3 is 6.09 Å². The lowest BCUT2D eigenvalue weighted by Crippen LogP contribution is -2.38. The molecule has 4 rings (SSSR count). The van der Waals surface area contributed by atoms with Crippen LogP contribution < -0.4 is 4.80 Å². The molecule has 1 aromatic heterocycles. The molecule has 0 unspecified atom stereocenters. The second-order valence-corrected chi connectivity index (χ2v) is 12.6. The Morgan fingerprint density at radius 2 is 1.87 bits per heavy atom. The fourth-order valence-electron chi connectivity index (χ4n) is 4.43. The summed E-state index contributed by atoms with van der Waals surface area (Å²) in [4.78, 5) is 32.5. The minimum Gasteiger partial charge on any atom is -0.417 e. The average molecular weight is 576 g/mol. The molecule has 2 aromatic carbocycles. The van der Waals surface area contributed by atoms with Gasteiger partial charge in [-0.3, -0.25) is 4.79 Å². The number of aromatic nitrogens is 1. The van der Waals surface area contributed by atoms with Crippen molar-refractivity contribution in [3.8, 4) is 0 Å². The van der Waals surface area contributed by atoms with Crippen LogP contribution in [0.2, 0.25) is 5.02 Å². The van der Waals surface area contributed by atoms with Gasteiger partial charge in [0.05, 0.1) is 16.9 Å². The van der Waals surface area contributed by atoms with Crippen LogP contribution in [-0.4, -0.2) is 48.7 Å². The molecule has 11 heteroatoms. The van der Waals surface area contributed by atoms with Crippen LogP contribution in [0.1, 0.15) is 43.9 Å². The molecule has 1 fully saturated rings. The fraction of sp³-hybridized carbons (Fsp3) is 0.370. The number of thiazole rings is 1. The predicted octanol–water partition coefficient (Wildman–Crippen LogP) is 5.52. The van der Waals surface area contributed by atoms with Crippen molar-refractivity contribution in [1.29, 1.82) is 0 Å². The summed E-state index contributed by atoms with van der Waals surface area (Å²) in [6.07, 6.45) is 5.73. The monoisotopic (exact) mass is 575 g/mol. The number of amides is 2. The molecule has 1 aliphatic heterocycles. The Morgan fingerprint density at radius 3 is 2.58 bits per heavy atom. The first-order valence-corrected chi connectivity index (χ1v) is 15.3. The number of benzene rings is 2. The summed E-state index contributed by atoms with van der Waals surface area (Å²) in [6.45, 7) is 5.51. The van der Waals surface area contributed by atoms with E-state index >= 15 is 0 Å². The second-order valence-electron chi connectivity index (χ2n) is 9.04. The van der Waals surface area contributed by atoms with Crippen molar-refractivity contribution in [3.05, 3.63) is 69.6 Å². The van der Waals surface area contributed by atoms with Crippen molar-refractivity contribution in [2.75, 3.05) is 18.8 Å². The average Bonchev–Trinajstić information content (AvgIpc) is 3.32. The highest BCUT2D eigenvalue weighted by atomic mass is 35.5. The van der Waals surface area contributed by atoms with Gasteiger partial charge in [-0.15, -0.1) is 16.3 Å². The van der Waals surface area contributed by atoms with E-state index in [1.807, 2.05) is 17.7 Å². The van der Waals surface area contributed by atoms with E-state index in [0.717, 1.165) is 28.5 Å². The fourth-order valence-corrected chi connectivity index (χ4v) is 7.09. The standard InChI is InChI=1S/C27H30ClN3O5S2/c1-3-14-36-27(33)29-26-30(4-2)18-24(37-26)19-9-12-31(13-10-19)25(32)11-15-38(34,35)23-8-6-20-16-22(28)7-5-21(20)17-23/h3,5-8,14,16-19H,4,9-13,15H2,1-2H3. The predicted molar refractivity (Wildman–Crippen MR) is 149 cm³/mol. The van der Waals surface area contributed by atoms with Crippen LogP contribution in [0.4, 0.5) is 4.79 Å². The molecule has 1 aliphatic rings. The van der Waals surface area contributed by atoms with E-state index in [-0.39, 0.29) is 28.9 Å². The summed E-state index contributed by atoms with van der Waals surface area (Å²) >= 11 is 7.47. The highest BCUT2D eigenvalue weighted by Crippen LogP contribution is 2.30. The first-order valence-electron chi connectivity index (χ1n) is 12.5. The van der Waals surface area contributed by atoms with Crippen molar-refractivity contribution in [1.82, 2.24) is 9.47 Å². The number of rotatable bonds is 7. The minimum atomic E-state index is -3.60. The lowest BCUT2D eigenvalue weighted by Gasteiger charge is -2.31. The normalized spacial score (nSPS) is 15.4. The van der Waals surface area contributed by atoms with E-state index < -0.39 is 15.9 Å². The Kier molecular flexibility index (Phi) is 9.07. The van der Waals surface area contributed by atoms with Gasteiger partial charge in [-0.1, -0.05) is 29.8 Å². The van der Waals surface area contributed by atoms with Crippen LogP contribution in [-0.2, 0) is 25.9 Å². The van der Waals surface area contributed by atoms with E-state index in [4.69, 9.17) is 16.3 Å². The zero-order valence-electron chi connectivity index (χ0n) is 21.3. The van der Waals surface area contributed by atoms with Crippen molar-refractivity contribution >= 4 is 55.5 Å². The van der Waals surface area contributed by atoms with Crippen LogP contribution >= 0.6 is 22.9 Å². The number of halogens is 1. The summed E-state index contributed by atoms with van der Waals surface area (Å²) in [5.41, 5.74) is 0. The molecule has 0 N–H and O–H groups in total. The van der Waals surface area contributed by atoms with E-state index in [1.165, 1.54) is 17.6 Å². The molecule has 0 radical (unpaired) electrons. The Balaban J connectivity index is 1.35. The van der Waals surface area contributed by atoms with Gasteiger partial charge in [0.25, 0.3) is 0 Å². The van der Waals surface area contributed by atoms with E-state index in [9.17, 15) is 18.0 Å². The number of hydrogen-bond acceptors (Lipinski definition) is 6. The highest BCUT2D eigenvalue weighted by molar-refractivity contribution is 7.91. The van der Waals surface area contributed by atoms with Crippen LogP contribution in [0.5, 0.6) is 0 Å². The molecular formula is C27H30ClN3O5S2. The zero-order valence-corrected chi connectivity index (χ0v) is 23.7. The van der Waals surface area contributed by atoms with E-state index in [1.54, 1.807) is 54.3 Å². The van der Waals surface area contributed by atoms with Gasteiger partial charge < -0.3 is 14.2 Å². The molecule has 0 bridgehead atoms. The molecule has 202 valence electrons. The lowest BCUT2D eigenvalue weighted by molar-refractivity contribution is -0.131. The number of piperidine rings is 1. The maximum atomic E-state index is 12.9. The quantitative estimate of drug-likeness (QED) is 0.346. The van der Waals surface area contributed by atoms with Gasteiger partial charge in [0.2, 0.25) is 5.91 Å². The number of aryl methyl sites for hydroxylation is 1. The van der Waals surface area contributed by atoms with Gasteiger partial charge in [-0.2, -0.15) is 0 Å². The summed E-state index contributed by atoms with van der Waals surface area (Å²) in [6, 6.07) is 10.2. The maximum absolute atomic E-state index is 12.9. The molecule has 0 atom stereocenters. The van der Waals surface area contributed by atoms with Gasteiger partial charge in [0, 0.05) is 42.2 Å². The molecule has 8 nitrogen and oxygen atoms in total. The Labute approximate surface area is 231 Å². The number of likely N-dealkylation sites (tertiary alicyclic amines) is 1. The summed E-state index contributed by atoms with van der Waals surface area (Å²) in [5, 5.41) is 2.23. The van der Waals surface area contributed by atoms with Crippen molar-refractivity contribution < 1.29 is 22.7 Å². The largest absolute Gasteiger partial charge is 0.441 e. The molecule has 1 saturated heterocycles. The van der Waals surface area contributed by atoms with E-state index in [0.29, 0.717) is 29.5 Å². The van der Waals surface area contributed by atoms with Crippen molar-refractivity contribution in [2.45, 2.75) is 50.5 Å². The summed E-state index contributed by atoms with van der Waals surface area (Å²) in [7, 11) is -3.60. The number of fused-ring (bicyclic) bond motifs is 1. The number of hydrogen-bond donors (Lipinski definition) is 0. The van der Waals surface area contributed by atoms with Gasteiger partial charge in [-0.05, 0) is 67.6 Å². The zero-order chi connectivity index (χ0) is 27.3. The van der Waals surface area contributed by atoms with Crippen molar-refractivity contribution in [3.63, 3.8) is 0 Å². The van der Waals surface area contributed by atoms with Gasteiger partial charge in [0.15, 0.2) is 14.6 Å². The van der Waals surface area contributed by atoms with Crippen LogP contribution in [0.25, 0.3) is 10.8 Å². The Morgan fingerprint density at radius 1 is 1.16 bits per heavy atom. The number of ether oxygens (including phenoxy) is 1. The minimum absolute atomic E-state index is 0.0577. The maximum Gasteiger partial charge on any atom is 0.441 e. The third kappa shape index (κ3) is 6.73. The van der Waals surface area contributed by atoms with Crippen LogP contribution in [0, 0.1) is 0 Å². The molecule has 2 heterocycles. The second kappa shape index (κ2) is 12.3. The summed E-state index contributed by atoms with van der Waals surface area (Å²) in [5.74, 6) is -0.149. The molecule has 0 aliphatic carbocycles. The third-order valence-corrected chi connectivity index (χ3v) is 9.67. The molecular weight excluding hydrogens is 546 g/mol. The highest BCUT2D eigenvalue weighted by Gasteiger charge is 2.26. The SMILES string of the molecule is CC=COC(=O)N=c1sc(C2CCN(C(=O)CCS(=O)(=O)c3ccc4cc(Cl)ccc4c3)CC2)cn1CC. The van der Waals surface area contributed by atoms with Gasteiger partial charge in [-0.25, -0.2) is 13.2 Å². The first-order chi connectivity index (χ1) is 18.2.